The molecule has 1 heterocycles. The van der Waals surface area contributed by atoms with Gasteiger partial charge < -0.3 is 19.5 Å². The summed E-state index contributed by atoms with van der Waals surface area (Å²) < 4.78 is 91.8. The van der Waals surface area contributed by atoms with Crippen LogP contribution in [0, 0.1) is 0 Å². The number of aliphatic carboxylic acids is 1. The number of ether oxygens (including phenoxy) is 2. The Morgan fingerprint density at radius 3 is 2.14 bits per heavy atom. The number of hydrogen-bond acceptors (Lipinski definition) is 6. The molecule has 0 unspecified atom stereocenters. The van der Waals surface area contributed by atoms with Gasteiger partial charge in [-0.05, 0) is 59.6 Å². The number of alkyl halides is 6. The third-order valence-corrected chi connectivity index (χ3v) is 6.17. The Balaban J connectivity index is 1.94. The van der Waals surface area contributed by atoms with Crippen molar-refractivity contribution in [3.05, 3.63) is 71.0 Å². The molecule has 225 valence electrons. The van der Waals surface area contributed by atoms with Gasteiger partial charge in [-0.1, -0.05) is 26.0 Å². The number of carbonyl (C=O) groups is 1. The van der Waals surface area contributed by atoms with E-state index in [2.05, 4.69) is 9.97 Å². The zero-order valence-corrected chi connectivity index (χ0v) is 23.1. The van der Waals surface area contributed by atoms with E-state index in [0.717, 1.165) is 5.56 Å². The van der Waals surface area contributed by atoms with Gasteiger partial charge in [0.1, 0.15) is 5.75 Å². The van der Waals surface area contributed by atoms with E-state index in [4.69, 9.17) is 14.6 Å². The van der Waals surface area contributed by atoms with Crippen LogP contribution in [0.4, 0.5) is 32.3 Å². The molecule has 0 saturated carbocycles. The van der Waals surface area contributed by atoms with Gasteiger partial charge in [0.2, 0.25) is 5.95 Å². The third-order valence-electron chi connectivity index (χ3n) is 6.17. The molecule has 0 atom stereocenters. The normalized spacial score (nSPS) is 11.9. The molecular formula is C28H29BF6N3O4. The van der Waals surface area contributed by atoms with Crippen LogP contribution in [0.2, 0.25) is 0 Å². The van der Waals surface area contributed by atoms with Crippen LogP contribution >= 0.6 is 0 Å². The molecule has 42 heavy (non-hydrogen) atoms. The van der Waals surface area contributed by atoms with E-state index in [1.54, 1.807) is 13.3 Å². The van der Waals surface area contributed by atoms with Crippen molar-refractivity contribution in [1.82, 2.24) is 9.97 Å². The van der Waals surface area contributed by atoms with Crippen molar-refractivity contribution >= 4 is 24.7 Å². The second-order valence-electron chi connectivity index (χ2n) is 9.72. The maximum atomic E-state index is 13.5. The first kappa shape index (κ1) is 32.5. The second-order valence-corrected chi connectivity index (χ2v) is 9.72. The number of aromatic nitrogens is 2. The molecule has 1 aromatic heterocycles. The SMILES string of the molecule is COc1ccc(C(C)C)cc1[B]CN(Cc1cc(C(F)(F)F)cc(C(F)(F)F)c1)c1ncc(OCCCC(=O)O)cn1. The maximum Gasteiger partial charge on any atom is 0.416 e. The molecule has 0 aliphatic carbocycles. The highest BCUT2D eigenvalue weighted by Gasteiger charge is 2.37. The minimum atomic E-state index is -4.99. The van der Waals surface area contributed by atoms with Crippen molar-refractivity contribution in [3.63, 3.8) is 0 Å². The van der Waals surface area contributed by atoms with Crippen LogP contribution < -0.4 is 19.8 Å². The molecule has 0 saturated heterocycles. The fourth-order valence-corrected chi connectivity index (χ4v) is 3.99. The zero-order chi connectivity index (χ0) is 31.1. The summed E-state index contributed by atoms with van der Waals surface area (Å²) in [6.07, 6.45) is -7.24. The Hall–Kier alpha value is -3.97. The molecule has 0 bridgehead atoms. The summed E-state index contributed by atoms with van der Waals surface area (Å²) in [6, 6.07) is 6.99. The molecule has 3 rings (SSSR count). The number of nitrogens with zero attached hydrogens (tertiary/aromatic N) is 3. The first-order valence-electron chi connectivity index (χ1n) is 12.9. The lowest BCUT2D eigenvalue weighted by Crippen LogP contribution is -2.35. The molecule has 3 aromatic rings. The van der Waals surface area contributed by atoms with E-state index < -0.39 is 29.4 Å². The molecule has 0 aliphatic heterocycles. The van der Waals surface area contributed by atoms with E-state index in [9.17, 15) is 31.1 Å². The first-order chi connectivity index (χ1) is 19.7. The highest BCUT2D eigenvalue weighted by atomic mass is 19.4. The average Bonchev–Trinajstić information content (AvgIpc) is 2.92. The molecule has 0 amide bonds. The van der Waals surface area contributed by atoms with Crippen molar-refractivity contribution < 1.29 is 45.7 Å². The molecule has 1 N–H and O–H groups in total. The van der Waals surface area contributed by atoms with Crippen LogP contribution in [0.3, 0.4) is 0 Å². The number of methoxy groups -OCH3 is 1. The lowest BCUT2D eigenvalue weighted by Gasteiger charge is -2.24. The largest absolute Gasteiger partial charge is 0.497 e. The van der Waals surface area contributed by atoms with Gasteiger partial charge >= 0.3 is 18.3 Å². The topological polar surface area (TPSA) is 84.8 Å². The van der Waals surface area contributed by atoms with E-state index in [1.165, 1.54) is 24.4 Å². The van der Waals surface area contributed by atoms with Gasteiger partial charge in [0.15, 0.2) is 13.0 Å². The number of benzene rings is 2. The number of carboxylic acids is 1. The monoisotopic (exact) mass is 596 g/mol. The summed E-state index contributed by atoms with van der Waals surface area (Å²) in [5.41, 5.74) is -1.41. The predicted molar refractivity (Wildman–Crippen MR) is 144 cm³/mol. The van der Waals surface area contributed by atoms with Gasteiger partial charge in [-0.15, -0.1) is 0 Å². The van der Waals surface area contributed by atoms with Gasteiger partial charge in [-0.2, -0.15) is 26.3 Å². The van der Waals surface area contributed by atoms with E-state index in [1.807, 2.05) is 26.0 Å². The molecule has 2 aromatic carbocycles. The molecule has 0 aliphatic rings. The van der Waals surface area contributed by atoms with Crippen molar-refractivity contribution in [2.45, 2.75) is 51.5 Å². The number of rotatable bonds is 13. The van der Waals surface area contributed by atoms with Crippen molar-refractivity contribution in [1.29, 1.82) is 0 Å². The summed E-state index contributed by atoms with van der Waals surface area (Å²) >= 11 is 0. The fraction of sp³-hybridized carbons (Fsp3) is 0.393. The Morgan fingerprint density at radius 1 is 1.00 bits per heavy atom. The molecule has 1 radical (unpaired) electrons. The number of anilines is 1. The van der Waals surface area contributed by atoms with Crippen LogP contribution in [0.5, 0.6) is 11.5 Å². The smallest absolute Gasteiger partial charge is 0.416 e. The van der Waals surface area contributed by atoms with Gasteiger partial charge in [0.25, 0.3) is 0 Å². The summed E-state index contributed by atoms with van der Waals surface area (Å²) in [7, 11) is 3.21. The van der Waals surface area contributed by atoms with E-state index in [-0.39, 0.29) is 61.7 Å². The molecule has 0 spiro atoms. The molecule has 7 nitrogen and oxygen atoms in total. The van der Waals surface area contributed by atoms with Gasteiger partial charge in [0.05, 0.1) is 37.2 Å². The van der Waals surface area contributed by atoms with Crippen molar-refractivity contribution in [3.8, 4) is 11.5 Å². The standard InChI is InChI=1S/C28H29BF6N3O4/c1-17(2)19-6-7-24(41-3)23(11-19)29-16-38(26-36-13-22(14-37-26)42-8-4-5-25(39)40)15-18-9-20(27(30,31)32)12-21(10-18)28(33,34)35/h6-7,9-14,17H,4-5,8,15-16H2,1-3H3,(H,39,40). The molecule has 0 fully saturated rings. The Kier molecular flexibility index (Phi) is 10.7. The van der Waals surface area contributed by atoms with Crippen LogP contribution in [-0.2, 0) is 23.7 Å². The lowest BCUT2D eigenvalue weighted by molar-refractivity contribution is -0.143. The maximum absolute atomic E-state index is 13.5. The minimum absolute atomic E-state index is 0.00825. The van der Waals surface area contributed by atoms with Gasteiger partial charge in [0, 0.05) is 13.0 Å². The highest BCUT2D eigenvalue weighted by molar-refractivity contribution is 6.55. The summed E-state index contributed by atoms with van der Waals surface area (Å²) in [4.78, 5) is 20.5. The summed E-state index contributed by atoms with van der Waals surface area (Å²) in [6.45, 7) is 3.71. The summed E-state index contributed by atoms with van der Waals surface area (Å²) in [5.74, 6) is -0.0111. The molecular weight excluding hydrogens is 567 g/mol. The zero-order valence-electron chi connectivity index (χ0n) is 23.1. The Bertz CT molecular complexity index is 1320. The van der Waals surface area contributed by atoms with E-state index >= 15 is 0 Å². The summed E-state index contributed by atoms with van der Waals surface area (Å²) in [5, 5.41) is 8.74. The van der Waals surface area contributed by atoms with Gasteiger partial charge in [-0.3, -0.25) is 4.79 Å². The minimum Gasteiger partial charge on any atom is -0.497 e. The van der Waals surface area contributed by atoms with Crippen LogP contribution in [0.1, 0.15) is 54.9 Å². The average molecular weight is 596 g/mol. The van der Waals surface area contributed by atoms with Crippen LogP contribution in [0.15, 0.2) is 48.8 Å². The Labute approximate surface area is 239 Å². The second kappa shape index (κ2) is 13.8. The van der Waals surface area contributed by atoms with Crippen LogP contribution in [0.25, 0.3) is 0 Å². The number of hydrogen-bond donors (Lipinski definition) is 1. The van der Waals surface area contributed by atoms with Crippen molar-refractivity contribution in [2.24, 2.45) is 0 Å². The highest BCUT2D eigenvalue weighted by Crippen LogP contribution is 2.36. The first-order valence-corrected chi connectivity index (χ1v) is 12.9. The van der Waals surface area contributed by atoms with Crippen LogP contribution in [-0.4, -0.2) is 48.5 Å². The van der Waals surface area contributed by atoms with E-state index in [0.29, 0.717) is 23.3 Å². The van der Waals surface area contributed by atoms with Crippen molar-refractivity contribution in [2.75, 3.05) is 25.1 Å². The quantitative estimate of drug-likeness (QED) is 0.150. The third kappa shape index (κ3) is 9.28. The van der Waals surface area contributed by atoms with Gasteiger partial charge in [-0.25, -0.2) is 9.97 Å². The fourth-order valence-electron chi connectivity index (χ4n) is 3.99. The lowest BCUT2D eigenvalue weighted by atomic mass is 9.68. The number of carboxylic acid groups (broad SMARTS) is 1. The number of halogens is 6. The molecule has 14 heteroatoms. The predicted octanol–water partition coefficient (Wildman–Crippen LogP) is 5.88. The Morgan fingerprint density at radius 2 is 1.62 bits per heavy atom.